The Hall–Kier alpha value is -2.08. The van der Waals surface area contributed by atoms with E-state index in [1.54, 1.807) is 0 Å². The first-order valence-electron chi connectivity index (χ1n) is 7.67. The SMILES string of the molecule is Cc1ccc(Oc2ccc(NC(=O)C3COCCN3)cc2)cc1.Cl. The quantitative estimate of drug-likeness (QED) is 0.891. The van der Waals surface area contributed by atoms with Crippen LogP contribution in [0.1, 0.15) is 5.56 Å². The highest BCUT2D eigenvalue weighted by molar-refractivity contribution is 5.95. The predicted molar refractivity (Wildman–Crippen MR) is 96.2 cm³/mol. The Kier molecular flexibility index (Phi) is 6.61. The van der Waals surface area contributed by atoms with Gasteiger partial charge < -0.3 is 20.1 Å². The fourth-order valence-electron chi connectivity index (χ4n) is 2.31. The van der Waals surface area contributed by atoms with Crippen LogP contribution in [0.3, 0.4) is 0 Å². The van der Waals surface area contributed by atoms with E-state index in [1.807, 2.05) is 55.5 Å². The first-order valence-corrected chi connectivity index (χ1v) is 7.67. The van der Waals surface area contributed by atoms with Gasteiger partial charge in [-0.15, -0.1) is 12.4 Å². The molecule has 0 bridgehead atoms. The maximum absolute atomic E-state index is 12.1. The first kappa shape index (κ1) is 18.3. The molecular weight excluding hydrogens is 328 g/mol. The predicted octanol–water partition coefficient (Wildman–Crippen LogP) is 3.14. The number of rotatable bonds is 4. The Balaban J connectivity index is 0.00000208. The Labute approximate surface area is 147 Å². The van der Waals surface area contributed by atoms with Gasteiger partial charge in [0.2, 0.25) is 5.91 Å². The summed E-state index contributed by atoms with van der Waals surface area (Å²) in [6.45, 7) is 3.78. The topological polar surface area (TPSA) is 59.6 Å². The van der Waals surface area contributed by atoms with Crippen molar-refractivity contribution in [1.29, 1.82) is 0 Å². The van der Waals surface area contributed by atoms with E-state index in [4.69, 9.17) is 9.47 Å². The van der Waals surface area contributed by atoms with Crippen LogP contribution in [0, 0.1) is 6.92 Å². The van der Waals surface area contributed by atoms with Crippen LogP contribution in [0.2, 0.25) is 0 Å². The van der Waals surface area contributed by atoms with Gasteiger partial charge >= 0.3 is 0 Å². The Morgan fingerprint density at radius 1 is 1.12 bits per heavy atom. The number of amides is 1. The van der Waals surface area contributed by atoms with Crippen LogP contribution in [0.4, 0.5) is 5.69 Å². The highest BCUT2D eigenvalue weighted by atomic mass is 35.5. The van der Waals surface area contributed by atoms with Crippen molar-refractivity contribution in [2.24, 2.45) is 0 Å². The molecular formula is C18H21ClN2O3. The number of hydrogen-bond acceptors (Lipinski definition) is 4. The van der Waals surface area contributed by atoms with E-state index >= 15 is 0 Å². The van der Waals surface area contributed by atoms with E-state index in [-0.39, 0.29) is 24.4 Å². The molecule has 1 heterocycles. The molecule has 128 valence electrons. The summed E-state index contributed by atoms with van der Waals surface area (Å²) in [5.41, 5.74) is 1.93. The van der Waals surface area contributed by atoms with Gasteiger partial charge in [0.25, 0.3) is 0 Å². The third kappa shape index (κ3) is 4.96. The number of carbonyl (C=O) groups is 1. The van der Waals surface area contributed by atoms with Crippen molar-refractivity contribution in [3.63, 3.8) is 0 Å². The summed E-state index contributed by atoms with van der Waals surface area (Å²) >= 11 is 0. The molecule has 5 nitrogen and oxygen atoms in total. The van der Waals surface area contributed by atoms with Crippen molar-refractivity contribution < 1.29 is 14.3 Å². The minimum atomic E-state index is -0.299. The number of benzene rings is 2. The number of ether oxygens (including phenoxy) is 2. The molecule has 1 aliphatic heterocycles. The number of hydrogen-bond donors (Lipinski definition) is 2. The van der Waals surface area contributed by atoms with E-state index in [2.05, 4.69) is 10.6 Å². The molecule has 0 aromatic heterocycles. The summed E-state index contributed by atoms with van der Waals surface area (Å²) in [5.74, 6) is 1.43. The minimum absolute atomic E-state index is 0. The summed E-state index contributed by atoms with van der Waals surface area (Å²) in [5, 5.41) is 6.00. The van der Waals surface area contributed by atoms with Crippen LogP contribution < -0.4 is 15.4 Å². The van der Waals surface area contributed by atoms with Crippen LogP contribution in [0.15, 0.2) is 48.5 Å². The van der Waals surface area contributed by atoms with Gasteiger partial charge in [-0.2, -0.15) is 0 Å². The van der Waals surface area contributed by atoms with Crippen LogP contribution in [-0.2, 0) is 9.53 Å². The molecule has 2 aromatic rings. The van der Waals surface area contributed by atoms with Gasteiger partial charge in [-0.3, -0.25) is 4.79 Å². The van der Waals surface area contributed by atoms with E-state index in [9.17, 15) is 4.79 Å². The molecule has 2 aromatic carbocycles. The first-order chi connectivity index (χ1) is 11.2. The molecule has 0 radical (unpaired) electrons. The monoisotopic (exact) mass is 348 g/mol. The van der Waals surface area contributed by atoms with Gasteiger partial charge in [-0.25, -0.2) is 0 Å². The van der Waals surface area contributed by atoms with Crippen LogP contribution in [0.25, 0.3) is 0 Å². The lowest BCUT2D eigenvalue weighted by Gasteiger charge is -2.22. The molecule has 1 aliphatic rings. The fraction of sp³-hybridized carbons (Fsp3) is 0.278. The van der Waals surface area contributed by atoms with E-state index < -0.39 is 0 Å². The van der Waals surface area contributed by atoms with Crippen molar-refractivity contribution >= 4 is 24.0 Å². The smallest absolute Gasteiger partial charge is 0.243 e. The second-order valence-corrected chi connectivity index (χ2v) is 5.51. The average Bonchev–Trinajstić information content (AvgIpc) is 2.59. The lowest BCUT2D eigenvalue weighted by molar-refractivity contribution is -0.120. The Bertz CT molecular complexity index is 653. The maximum Gasteiger partial charge on any atom is 0.243 e. The van der Waals surface area contributed by atoms with Crippen molar-refractivity contribution in [3.05, 3.63) is 54.1 Å². The van der Waals surface area contributed by atoms with Gasteiger partial charge in [0, 0.05) is 12.2 Å². The van der Waals surface area contributed by atoms with Crippen molar-refractivity contribution in [2.75, 3.05) is 25.1 Å². The van der Waals surface area contributed by atoms with Crippen molar-refractivity contribution in [3.8, 4) is 11.5 Å². The fourth-order valence-corrected chi connectivity index (χ4v) is 2.31. The summed E-state index contributed by atoms with van der Waals surface area (Å²) in [6, 6.07) is 14.9. The standard InChI is InChI=1S/C18H20N2O3.ClH/c1-13-2-6-15(7-3-13)23-16-8-4-14(5-9-16)20-18(21)17-12-22-11-10-19-17;/h2-9,17,19H,10-12H2,1H3,(H,20,21);1H. The van der Waals surface area contributed by atoms with Crippen LogP contribution >= 0.6 is 12.4 Å². The number of anilines is 1. The molecule has 1 amide bonds. The normalized spacial score (nSPS) is 16.8. The van der Waals surface area contributed by atoms with Crippen molar-refractivity contribution in [1.82, 2.24) is 5.32 Å². The van der Waals surface area contributed by atoms with Gasteiger partial charge in [-0.05, 0) is 43.3 Å². The van der Waals surface area contributed by atoms with Gasteiger partial charge in [0.15, 0.2) is 0 Å². The average molecular weight is 349 g/mol. The van der Waals surface area contributed by atoms with Gasteiger partial charge in [0.05, 0.1) is 13.2 Å². The number of carbonyl (C=O) groups excluding carboxylic acids is 1. The molecule has 24 heavy (non-hydrogen) atoms. The highest BCUT2D eigenvalue weighted by Crippen LogP contribution is 2.23. The molecule has 6 heteroatoms. The van der Waals surface area contributed by atoms with E-state index in [1.165, 1.54) is 5.56 Å². The highest BCUT2D eigenvalue weighted by Gasteiger charge is 2.20. The molecule has 1 fully saturated rings. The number of halogens is 1. The molecule has 0 aliphatic carbocycles. The molecule has 0 spiro atoms. The van der Waals surface area contributed by atoms with E-state index in [0.29, 0.717) is 19.8 Å². The largest absolute Gasteiger partial charge is 0.457 e. The number of morpholine rings is 1. The Morgan fingerprint density at radius 2 is 1.75 bits per heavy atom. The third-order valence-electron chi connectivity index (χ3n) is 3.62. The second kappa shape index (κ2) is 8.68. The summed E-state index contributed by atoms with van der Waals surface area (Å²) in [6.07, 6.45) is 0. The zero-order valence-electron chi connectivity index (χ0n) is 13.5. The zero-order chi connectivity index (χ0) is 16.1. The van der Waals surface area contributed by atoms with Crippen molar-refractivity contribution in [2.45, 2.75) is 13.0 Å². The molecule has 1 saturated heterocycles. The molecule has 2 N–H and O–H groups in total. The number of nitrogens with one attached hydrogen (secondary N) is 2. The zero-order valence-corrected chi connectivity index (χ0v) is 14.3. The molecule has 1 unspecified atom stereocenters. The third-order valence-corrected chi connectivity index (χ3v) is 3.62. The van der Waals surface area contributed by atoms with Gasteiger partial charge in [0.1, 0.15) is 17.5 Å². The minimum Gasteiger partial charge on any atom is -0.457 e. The van der Waals surface area contributed by atoms with Crippen LogP contribution in [-0.4, -0.2) is 31.7 Å². The number of aryl methyl sites for hydroxylation is 1. The molecule has 3 rings (SSSR count). The summed E-state index contributed by atoms with van der Waals surface area (Å²) in [4.78, 5) is 12.1. The van der Waals surface area contributed by atoms with Crippen LogP contribution in [0.5, 0.6) is 11.5 Å². The maximum atomic E-state index is 12.1. The summed E-state index contributed by atoms with van der Waals surface area (Å²) in [7, 11) is 0. The lowest BCUT2D eigenvalue weighted by atomic mass is 10.2. The second-order valence-electron chi connectivity index (χ2n) is 5.51. The molecule has 0 saturated carbocycles. The summed E-state index contributed by atoms with van der Waals surface area (Å²) < 4.78 is 11.1. The molecule has 1 atom stereocenters. The lowest BCUT2D eigenvalue weighted by Crippen LogP contribution is -2.48. The van der Waals surface area contributed by atoms with Gasteiger partial charge in [-0.1, -0.05) is 17.7 Å². The van der Waals surface area contributed by atoms with E-state index in [0.717, 1.165) is 17.2 Å². The Morgan fingerprint density at radius 3 is 2.33 bits per heavy atom.